The van der Waals surface area contributed by atoms with Crippen molar-refractivity contribution < 1.29 is 0 Å². The minimum absolute atomic E-state index is 0.948. The van der Waals surface area contributed by atoms with Crippen LogP contribution in [0.25, 0.3) is 88.8 Å². The van der Waals surface area contributed by atoms with Crippen LogP contribution in [0.3, 0.4) is 0 Å². The molecule has 47 heavy (non-hydrogen) atoms. The van der Waals surface area contributed by atoms with Crippen LogP contribution in [0, 0.1) is 0 Å². The number of hydrogen-bond acceptors (Lipinski definition) is 1. The molecule has 0 saturated carbocycles. The number of benzene rings is 8. The Kier molecular flexibility index (Phi) is 6.33. The maximum Gasteiger partial charge on any atom is 0.146 e. The minimum Gasteiger partial charge on any atom is -0.292 e. The van der Waals surface area contributed by atoms with Crippen LogP contribution in [0.4, 0.5) is 0 Å². The summed E-state index contributed by atoms with van der Waals surface area (Å²) in [6, 6.07) is 58.8. The van der Waals surface area contributed by atoms with E-state index in [2.05, 4.69) is 175 Å². The lowest BCUT2D eigenvalue weighted by Crippen LogP contribution is -1.99. The molecule has 1 aromatic heterocycles. The molecule has 0 aliphatic carbocycles. The summed E-state index contributed by atoms with van der Waals surface area (Å²) >= 11 is 0. The van der Waals surface area contributed by atoms with Crippen LogP contribution in [0.2, 0.25) is 0 Å². The number of rotatable bonds is 5. The molecule has 220 valence electrons. The number of imidazole rings is 1. The van der Waals surface area contributed by atoms with Crippen molar-refractivity contribution in [3.05, 3.63) is 176 Å². The third-order valence-electron chi connectivity index (χ3n) is 9.34. The quantitative estimate of drug-likeness (QED) is 0.180. The first-order chi connectivity index (χ1) is 23.3. The van der Waals surface area contributed by atoms with Gasteiger partial charge in [-0.2, -0.15) is 0 Å². The van der Waals surface area contributed by atoms with E-state index in [9.17, 15) is 0 Å². The zero-order valence-electron chi connectivity index (χ0n) is 25.8. The molecule has 8 aromatic carbocycles. The molecule has 0 N–H and O–H groups in total. The first-order valence-electron chi connectivity index (χ1n) is 16.0. The number of hydrogen-bond donors (Lipinski definition) is 0. The molecule has 9 aromatic rings. The zero-order valence-corrected chi connectivity index (χ0v) is 25.8. The maximum absolute atomic E-state index is 5.30. The SMILES string of the molecule is C=Cc1ccc(-c2ccc3cc(-c4c5ccccc5c(-c5nc6ccccc6n5-c5ccccc5)c5ccccc45)ccc3c2)cc1. The van der Waals surface area contributed by atoms with Gasteiger partial charge in [-0.1, -0.05) is 140 Å². The Bertz CT molecular complexity index is 2570. The highest BCUT2D eigenvalue weighted by Gasteiger charge is 2.22. The molecule has 2 nitrogen and oxygen atoms in total. The molecular formula is C45H30N2. The third-order valence-corrected chi connectivity index (χ3v) is 9.34. The smallest absolute Gasteiger partial charge is 0.146 e. The fourth-order valence-corrected chi connectivity index (χ4v) is 7.10. The normalized spacial score (nSPS) is 11.5. The topological polar surface area (TPSA) is 17.8 Å². The number of fused-ring (bicyclic) bond motifs is 4. The minimum atomic E-state index is 0.948. The van der Waals surface area contributed by atoms with Crippen LogP contribution in [0.5, 0.6) is 0 Å². The third kappa shape index (κ3) is 4.46. The fourth-order valence-electron chi connectivity index (χ4n) is 7.10. The van der Waals surface area contributed by atoms with E-state index in [0.29, 0.717) is 0 Å². The second-order valence-corrected chi connectivity index (χ2v) is 12.0. The lowest BCUT2D eigenvalue weighted by atomic mass is 9.87. The van der Waals surface area contributed by atoms with Crippen molar-refractivity contribution in [1.82, 2.24) is 9.55 Å². The van der Waals surface area contributed by atoms with Crippen molar-refractivity contribution in [1.29, 1.82) is 0 Å². The molecule has 9 rings (SSSR count). The van der Waals surface area contributed by atoms with Gasteiger partial charge in [-0.15, -0.1) is 0 Å². The highest BCUT2D eigenvalue weighted by Crippen LogP contribution is 2.45. The van der Waals surface area contributed by atoms with Gasteiger partial charge in [0.1, 0.15) is 5.82 Å². The van der Waals surface area contributed by atoms with Gasteiger partial charge in [0.25, 0.3) is 0 Å². The van der Waals surface area contributed by atoms with E-state index in [4.69, 9.17) is 4.98 Å². The van der Waals surface area contributed by atoms with Crippen molar-refractivity contribution in [3.8, 4) is 39.3 Å². The lowest BCUT2D eigenvalue weighted by Gasteiger charge is -2.18. The van der Waals surface area contributed by atoms with Crippen LogP contribution in [-0.2, 0) is 0 Å². The van der Waals surface area contributed by atoms with E-state index >= 15 is 0 Å². The predicted molar refractivity (Wildman–Crippen MR) is 200 cm³/mol. The second kappa shape index (κ2) is 11.0. The van der Waals surface area contributed by atoms with E-state index < -0.39 is 0 Å². The van der Waals surface area contributed by atoms with E-state index in [1.54, 1.807) is 0 Å². The van der Waals surface area contributed by atoms with Crippen molar-refractivity contribution in [2.45, 2.75) is 0 Å². The predicted octanol–water partition coefficient (Wildman–Crippen LogP) is 12.1. The molecule has 2 heteroatoms. The van der Waals surface area contributed by atoms with Gasteiger partial charge < -0.3 is 0 Å². The van der Waals surface area contributed by atoms with Gasteiger partial charge in [0.05, 0.1) is 11.0 Å². The van der Waals surface area contributed by atoms with Gasteiger partial charge in [0.2, 0.25) is 0 Å². The van der Waals surface area contributed by atoms with Crippen molar-refractivity contribution in [2.75, 3.05) is 0 Å². The van der Waals surface area contributed by atoms with Crippen LogP contribution in [-0.4, -0.2) is 9.55 Å². The Morgan fingerprint density at radius 2 is 1.00 bits per heavy atom. The Morgan fingerprint density at radius 3 is 1.66 bits per heavy atom. The Morgan fingerprint density at radius 1 is 0.468 bits per heavy atom. The lowest BCUT2D eigenvalue weighted by molar-refractivity contribution is 1.11. The Labute approximate surface area is 273 Å². The molecule has 0 saturated heterocycles. The highest BCUT2D eigenvalue weighted by atomic mass is 15.1. The monoisotopic (exact) mass is 598 g/mol. The van der Waals surface area contributed by atoms with Crippen molar-refractivity contribution >= 4 is 49.4 Å². The summed E-state index contributed by atoms with van der Waals surface area (Å²) in [5.41, 5.74) is 10.3. The molecule has 0 aliphatic rings. The van der Waals surface area contributed by atoms with Gasteiger partial charge >= 0.3 is 0 Å². The molecule has 0 amide bonds. The van der Waals surface area contributed by atoms with E-state index in [0.717, 1.165) is 33.7 Å². The first-order valence-corrected chi connectivity index (χ1v) is 16.0. The van der Waals surface area contributed by atoms with Crippen LogP contribution in [0.15, 0.2) is 170 Å². The highest BCUT2D eigenvalue weighted by molar-refractivity contribution is 6.21. The number of para-hydroxylation sites is 3. The Hall–Kier alpha value is -6.25. The van der Waals surface area contributed by atoms with E-state index in [1.807, 2.05) is 6.08 Å². The molecular weight excluding hydrogens is 569 g/mol. The Balaban J connectivity index is 1.28. The molecule has 0 aliphatic heterocycles. The first kappa shape index (κ1) is 27.1. The fraction of sp³-hybridized carbons (Fsp3) is 0. The van der Waals surface area contributed by atoms with E-state index in [-0.39, 0.29) is 0 Å². The van der Waals surface area contributed by atoms with Gasteiger partial charge in [0, 0.05) is 11.3 Å². The molecule has 0 spiro atoms. The standard InChI is InChI=1S/C45H30N2/c1-2-30-20-22-31(23-21-30)32-24-25-34-29-35(27-26-33(34)28-32)43-37-14-6-8-16-39(37)44(40-17-9-7-15-38(40)43)45-46-41-18-10-11-19-42(41)47(45)36-12-4-3-5-13-36/h2-29H,1H2. The van der Waals surface area contributed by atoms with Crippen LogP contribution < -0.4 is 0 Å². The van der Waals surface area contributed by atoms with Gasteiger partial charge in [-0.05, 0) is 96.5 Å². The van der Waals surface area contributed by atoms with E-state index in [1.165, 1.54) is 54.6 Å². The molecule has 1 heterocycles. The maximum atomic E-state index is 5.30. The van der Waals surface area contributed by atoms with Crippen molar-refractivity contribution in [3.63, 3.8) is 0 Å². The summed E-state index contributed by atoms with van der Waals surface area (Å²) in [6.45, 7) is 3.89. The molecule has 0 bridgehead atoms. The summed E-state index contributed by atoms with van der Waals surface area (Å²) in [4.78, 5) is 5.30. The van der Waals surface area contributed by atoms with Crippen LogP contribution >= 0.6 is 0 Å². The second-order valence-electron chi connectivity index (χ2n) is 12.0. The van der Waals surface area contributed by atoms with Crippen molar-refractivity contribution in [2.24, 2.45) is 0 Å². The van der Waals surface area contributed by atoms with Gasteiger partial charge in [-0.3, -0.25) is 4.57 Å². The summed E-state index contributed by atoms with van der Waals surface area (Å²) < 4.78 is 2.31. The number of nitrogens with zero attached hydrogens (tertiary/aromatic N) is 2. The number of aromatic nitrogens is 2. The molecule has 0 atom stereocenters. The largest absolute Gasteiger partial charge is 0.292 e. The summed E-state index contributed by atoms with van der Waals surface area (Å²) in [5, 5.41) is 7.24. The van der Waals surface area contributed by atoms with Gasteiger partial charge in [-0.25, -0.2) is 4.98 Å². The van der Waals surface area contributed by atoms with Crippen LogP contribution in [0.1, 0.15) is 5.56 Å². The zero-order chi connectivity index (χ0) is 31.3. The summed E-state index contributed by atoms with van der Waals surface area (Å²) in [5.74, 6) is 0.948. The summed E-state index contributed by atoms with van der Waals surface area (Å²) in [6.07, 6.45) is 1.88. The summed E-state index contributed by atoms with van der Waals surface area (Å²) in [7, 11) is 0. The molecule has 0 fully saturated rings. The average molecular weight is 599 g/mol. The molecule has 0 radical (unpaired) electrons. The average Bonchev–Trinajstić information content (AvgIpc) is 3.53. The molecule has 0 unspecified atom stereocenters. The van der Waals surface area contributed by atoms with Gasteiger partial charge in [0.15, 0.2) is 0 Å².